The molecule has 322 valence electrons. The molecule has 0 bridgehead atoms. The van der Waals surface area contributed by atoms with Crippen molar-refractivity contribution in [2.24, 2.45) is 0 Å². The van der Waals surface area contributed by atoms with Crippen LogP contribution in [-0.4, -0.2) is 12.6 Å². The summed E-state index contributed by atoms with van der Waals surface area (Å²) in [5.74, 6) is 1.55. The van der Waals surface area contributed by atoms with Crippen LogP contribution in [0.4, 0.5) is 11.4 Å². The van der Waals surface area contributed by atoms with E-state index in [1.54, 1.807) is 0 Å². The fraction of sp³-hybridized carbons (Fsp3) is 0.161. The second kappa shape index (κ2) is 20.0. The smallest absolute Gasteiger partial charge is 0.143 e. The van der Waals surface area contributed by atoms with Gasteiger partial charge in [-0.2, -0.15) is 0 Å². The summed E-state index contributed by atoms with van der Waals surface area (Å²) in [6.45, 7) is 7.92. The van der Waals surface area contributed by atoms with Crippen molar-refractivity contribution in [1.82, 2.24) is 0 Å². The molecule has 0 amide bonds. The van der Waals surface area contributed by atoms with Crippen LogP contribution in [0.3, 0.4) is 0 Å². The van der Waals surface area contributed by atoms with Gasteiger partial charge in [0.25, 0.3) is 0 Å². The summed E-state index contributed by atoms with van der Waals surface area (Å²) in [4.78, 5) is 2.54. The Labute approximate surface area is 386 Å². The van der Waals surface area contributed by atoms with Gasteiger partial charge < -0.3 is 15.0 Å². The van der Waals surface area contributed by atoms with E-state index in [9.17, 15) is 0 Å². The lowest BCUT2D eigenvalue weighted by Gasteiger charge is -2.31. The molecule has 1 aliphatic heterocycles. The Kier molecular flexibility index (Phi) is 13.2. The van der Waals surface area contributed by atoms with Crippen molar-refractivity contribution in [3.05, 3.63) is 246 Å². The van der Waals surface area contributed by atoms with Crippen LogP contribution in [0.1, 0.15) is 74.3 Å². The molecule has 0 saturated heterocycles. The zero-order valence-corrected chi connectivity index (χ0v) is 37.8. The predicted molar refractivity (Wildman–Crippen MR) is 279 cm³/mol. The third kappa shape index (κ3) is 9.33. The van der Waals surface area contributed by atoms with E-state index in [0.29, 0.717) is 6.04 Å². The standard InChI is InChI=1S/C62H58N2O/c1-4-62(5-2)46(3)55(32-21-43-64(53-28-14-9-15-29-53)52-26-12-6-7-13-27-52)57-42-39-48(44-58(57)62)36-35-47-37-40-51(41-38-47)61-56(49-22-10-8-11-23-49)31-20-33-59(61)63-45-54-30-18-16-24-50-25-17-19-34-60(50)65-54/h6-12,14-26,28-42,44-45,52,63H,4-5,13,27,43H2,1-3H3/b24-16-,30-18-,32-21-,36-35+,54-45-. The van der Waals surface area contributed by atoms with Crippen LogP contribution in [0, 0.1) is 0 Å². The lowest BCUT2D eigenvalue weighted by molar-refractivity contribution is 0.442. The van der Waals surface area contributed by atoms with Gasteiger partial charge in [0.15, 0.2) is 0 Å². The third-order valence-corrected chi connectivity index (χ3v) is 13.4. The molecule has 1 heterocycles. The maximum Gasteiger partial charge on any atom is 0.143 e. The summed E-state index contributed by atoms with van der Waals surface area (Å²) in [5, 5.41) is 3.62. The molecular weight excluding hydrogens is 789 g/mol. The van der Waals surface area contributed by atoms with Crippen molar-refractivity contribution < 1.29 is 4.74 Å². The van der Waals surface area contributed by atoms with Crippen LogP contribution in [0.2, 0.25) is 0 Å². The summed E-state index contributed by atoms with van der Waals surface area (Å²) in [5.41, 5.74) is 16.0. The van der Waals surface area contributed by atoms with Gasteiger partial charge in [0, 0.05) is 46.7 Å². The molecule has 65 heavy (non-hydrogen) atoms. The zero-order valence-electron chi connectivity index (χ0n) is 37.8. The minimum Gasteiger partial charge on any atom is -0.455 e. The normalized spacial score (nSPS) is 17.9. The Bertz CT molecular complexity index is 2860. The van der Waals surface area contributed by atoms with Gasteiger partial charge in [0.2, 0.25) is 0 Å². The van der Waals surface area contributed by atoms with Gasteiger partial charge in [-0.15, -0.1) is 0 Å². The Balaban J connectivity index is 0.970. The molecule has 3 heteroatoms. The molecule has 6 aromatic rings. The van der Waals surface area contributed by atoms with Crippen molar-refractivity contribution in [2.45, 2.75) is 57.9 Å². The van der Waals surface area contributed by atoms with Crippen molar-refractivity contribution in [1.29, 1.82) is 0 Å². The second-order valence-corrected chi connectivity index (χ2v) is 17.1. The summed E-state index contributed by atoms with van der Waals surface area (Å²) in [7, 11) is 0. The number of anilines is 2. The highest BCUT2D eigenvalue weighted by atomic mass is 16.5. The number of para-hydroxylation sites is 2. The Morgan fingerprint density at radius 3 is 2.23 bits per heavy atom. The van der Waals surface area contributed by atoms with Gasteiger partial charge in [0.05, 0.1) is 0 Å². The van der Waals surface area contributed by atoms with Crippen molar-refractivity contribution in [2.75, 3.05) is 16.8 Å². The highest BCUT2D eigenvalue weighted by molar-refractivity contribution is 5.93. The molecule has 0 saturated carbocycles. The first kappa shape index (κ1) is 42.9. The third-order valence-electron chi connectivity index (χ3n) is 13.4. The van der Waals surface area contributed by atoms with Crippen LogP contribution in [0.5, 0.6) is 5.75 Å². The first-order valence-corrected chi connectivity index (χ1v) is 23.3. The molecule has 2 aliphatic carbocycles. The topological polar surface area (TPSA) is 24.5 Å². The molecule has 9 rings (SSSR count). The van der Waals surface area contributed by atoms with Gasteiger partial charge >= 0.3 is 0 Å². The number of benzene rings is 6. The van der Waals surface area contributed by atoms with Gasteiger partial charge in [-0.05, 0) is 107 Å². The predicted octanol–water partition coefficient (Wildman–Crippen LogP) is 16.3. The van der Waals surface area contributed by atoms with Crippen LogP contribution >= 0.6 is 0 Å². The number of nitrogens with one attached hydrogen (secondary N) is 1. The molecule has 0 aromatic heterocycles. The van der Waals surface area contributed by atoms with E-state index in [-0.39, 0.29) is 5.41 Å². The van der Waals surface area contributed by atoms with Gasteiger partial charge in [-0.25, -0.2) is 0 Å². The van der Waals surface area contributed by atoms with E-state index in [0.717, 1.165) is 77.2 Å². The minimum atomic E-state index is 0.0165. The molecule has 0 radical (unpaired) electrons. The molecular formula is C62H58N2O. The van der Waals surface area contributed by atoms with E-state index in [1.807, 2.05) is 42.6 Å². The molecule has 1 N–H and O–H groups in total. The van der Waals surface area contributed by atoms with E-state index >= 15 is 0 Å². The molecule has 1 atom stereocenters. The first-order valence-electron chi connectivity index (χ1n) is 23.3. The fourth-order valence-corrected chi connectivity index (χ4v) is 9.86. The zero-order chi connectivity index (χ0) is 44.4. The fourth-order valence-electron chi connectivity index (χ4n) is 9.86. The van der Waals surface area contributed by atoms with E-state index < -0.39 is 0 Å². The van der Waals surface area contributed by atoms with Gasteiger partial charge in [0.1, 0.15) is 11.5 Å². The molecule has 1 unspecified atom stereocenters. The van der Waals surface area contributed by atoms with Gasteiger partial charge in [-0.1, -0.05) is 208 Å². The number of hydrogen-bond donors (Lipinski definition) is 1. The molecule has 6 aromatic carbocycles. The monoisotopic (exact) mass is 846 g/mol. The summed E-state index contributed by atoms with van der Waals surface area (Å²) in [6, 6.07) is 52.4. The average Bonchev–Trinajstić information content (AvgIpc) is 3.48. The lowest BCUT2D eigenvalue weighted by atomic mass is 9.73. The number of allylic oxidation sites excluding steroid dienone is 9. The van der Waals surface area contributed by atoms with Crippen molar-refractivity contribution in [3.63, 3.8) is 0 Å². The van der Waals surface area contributed by atoms with Crippen LogP contribution in [0.25, 0.3) is 46.1 Å². The van der Waals surface area contributed by atoms with Crippen molar-refractivity contribution >= 4 is 35.2 Å². The summed E-state index contributed by atoms with van der Waals surface area (Å²) in [6.07, 6.45) is 32.7. The van der Waals surface area contributed by atoms with Crippen molar-refractivity contribution in [3.8, 4) is 28.0 Å². The minimum absolute atomic E-state index is 0.0165. The summed E-state index contributed by atoms with van der Waals surface area (Å²) < 4.78 is 6.36. The Morgan fingerprint density at radius 2 is 1.42 bits per heavy atom. The lowest BCUT2D eigenvalue weighted by Crippen LogP contribution is -2.34. The maximum absolute atomic E-state index is 6.36. The molecule has 3 aliphatic rings. The Morgan fingerprint density at radius 1 is 0.677 bits per heavy atom. The number of hydrogen-bond acceptors (Lipinski definition) is 3. The maximum atomic E-state index is 6.36. The van der Waals surface area contributed by atoms with Gasteiger partial charge in [-0.3, -0.25) is 0 Å². The van der Waals surface area contributed by atoms with E-state index in [1.165, 1.54) is 39.1 Å². The Hall–Kier alpha value is -7.36. The number of ether oxygens (including phenoxy) is 1. The average molecular weight is 847 g/mol. The van der Waals surface area contributed by atoms with Crippen LogP contribution in [0.15, 0.2) is 218 Å². The number of nitrogens with zero attached hydrogens (tertiary/aromatic N) is 1. The number of rotatable bonds is 13. The van der Waals surface area contributed by atoms with E-state index in [4.69, 9.17) is 4.74 Å². The first-order chi connectivity index (χ1) is 32.0. The second-order valence-electron chi connectivity index (χ2n) is 17.1. The number of fused-ring (bicyclic) bond motifs is 2. The molecule has 3 nitrogen and oxygen atoms in total. The SMILES string of the molecule is CCC1(CC)C(C)=C(/C=C\CN(c2ccccc2)C2C=CC=CCC2)c2ccc(/C=C/c3ccc(-c4c(N/C=C5/C=C\C=C/c6ccccc6O5)cccc4-c4ccccc4)cc3)cc21. The largest absolute Gasteiger partial charge is 0.455 e. The molecule has 0 fully saturated rings. The highest BCUT2D eigenvalue weighted by Crippen LogP contribution is 2.51. The van der Waals surface area contributed by atoms with Crippen LogP contribution < -0.4 is 15.0 Å². The van der Waals surface area contributed by atoms with E-state index in [2.05, 4.69) is 213 Å². The highest BCUT2D eigenvalue weighted by Gasteiger charge is 2.39. The summed E-state index contributed by atoms with van der Waals surface area (Å²) >= 11 is 0. The quantitative estimate of drug-likeness (QED) is 0.117. The molecule has 0 spiro atoms. The van der Waals surface area contributed by atoms with Crippen LogP contribution in [-0.2, 0) is 5.41 Å².